The summed E-state index contributed by atoms with van der Waals surface area (Å²) < 4.78 is 0.657. The van der Waals surface area contributed by atoms with Crippen molar-refractivity contribution in [1.82, 2.24) is 15.8 Å². The van der Waals surface area contributed by atoms with Gasteiger partial charge in [0, 0.05) is 22.9 Å². The van der Waals surface area contributed by atoms with E-state index < -0.39 is 11.8 Å². The summed E-state index contributed by atoms with van der Waals surface area (Å²) in [5.41, 5.74) is 5.95. The predicted molar refractivity (Wildman–Crippen MR) is 83.0 cm³/mol. The van der Waals surface area contributed by atoms with Crippen molar-refractivity contribution in [3.8, 4) is 0 Å². The lowest BCUT2D eigenvalue weighted by molar-refractivity contribution is -0.117. The van der Waals surface area contributed by atoms with Gasteiger partial charge in [0.25, 0.3) is 11.8 Å². The Balaban J connectivity index is 1.88. The Labute approximate surface area is 130 Å². The van der Waals surface area contributed by atoms with Crippen LogP contribution in [0.5, 0.6) is 0 Å². The van der Waals surface area contributed by atoms with Gasteiger partial charge in [-0.1, -0.05) is 12.1 Å². The Morgan fingerprint density at radius 3 is 2.48 bits per heavy atom. The number of aromatic nitrogens is 1. The molecule has 0 aliphatic heterocycles. The van der Waals surface area contributed by atoms with E-state index in [1.54, 1.807) is 54.9 Å². The fourth-order valence-electron chi connectivity index (χ4n) is 1.52. The van der Waals surface area contributed by atoms with Crippen molar-refractivity contribution in [2.24, 2.45) is 0 Å². The van der Waals surface area contributed by atoms with E-state index in [0.717, 1.165) is 5.56 Å². The molecule has 0 radical (unpaired) electrons. The standard InChI is InChI=1S/C15H12BrN3O2/c16-13-4-2-1-3-12(13)15(21)19-18-14(20)6-5-11-7-9-17-10-8-11/h1-10H,(H,18,20)(H,19,21)/b6-5+. The Bertz CT molecular complexity index is 672. The van der Waals surface area contributed by atoms with E-state index in [4.69, 9.17) is 0 Å². The minimum Gasteiger partial charge on any atom is -0.268 e. The maximum Gasteiger partial charge on any atom is 0.270 e. The van der Waals surface area contributed by atoms with Crippen LogP contribution in [0.4, 0.5) is 0 Å². The van der Waals surface area contributed by atoms with E-state index in [2.05, 4.69) is 31.8 Å². The van der Waals surface area contributed by atoms with E-state index >= 15 is 0 Å². The molecule has 0 bridgehead atoms. The van der Waals surface area contributed by atoms with Crippen molar-refractivity contribution >= 4 is 33.8 Å². The van der Waals surface area contributed by atoms with Gasteiger partial charge >= 0.3 is 0 Å². The van der Waals surface area contributed by atoms with Crippen molar-refractivity contribution in [3.63, 3.8) is 0 Å². The summed E-state index contributed by atoms with van der Waals surface area (Å²) in [5, 5.41) is 0. The van der Waals surface area contributed by atoms with Gasteiger partial charge in [0.2, 0.25) is 0 Å². The zero-order valence-electron chi connectivity index (χ0n) is 10.9. The fourth-order valence-corrected chi connectivity index (χ4v) is 1.98. The van der Waals surface area contributed by atoms with Gasteiger partial charge in [-0.3, -0.25) is 25.4 Å². The molecule has 2 N–H and O–H groups in total. The summed E-state index contributed by atoms with van der Waals surface area (Å²) in [6.45, 7) is 0. The molecule has 0 saturated carbocycles. The normalized spacial score (nSPS) is 10.3. The summed E-state index contributed by atoms with van der Waals surface area (Å²) in [4.78, 5) is 27.3. The average molecular weight is 346 g/mol. The highest BCUT2D eigenvalue weighted by molar-refractivity contribution is 9.10. The number of carbonyl (C=O) groups is 2. The summed E-state index contributed by atoms with van der Waals surface area (Å²) >= 11 is 3.27. The van der Waals surface area contributed by atoms with E-state index in [-0.39, 0.29) is 0 Å². The number of pyridine rings is 1. The molecule has 1 heterocycles. The Morgan fingerprint density at radius 1 is 1.05 bits per heavy atom. The molecule has 2 rings (SSSR count). The first-order valence-electron chi connectivity index (χ1n) is 6.10. The smallest absolute Gasteiger partial charge is 0.268 e. The molecule has 1 aromatic carbocycles. The maximum absolute atomic E-state index is 11.9. The van der Waals surface area contributed by atoms with Crippen LogP contribution in [0.25, 0.3) is 6.08 Å². The van der Waals surface area contributed by atoms with Crippen LogP contribution in [-0.4, -0.2) is 16.8 Å². The quantitative estimate of drug-likeness (QED) is 0.662. The Kier molecular flexibility index (Phi) is 5.22. The lowest BCUT2D eigenvalue weighted by atomic mass is 10.2. The second-order valence-corrected chi connectivity index (χ2v) is 4.89. The Hall–Kier alpha value is -2.47. The van der Waals surface area contributed by atoms with Crippen molar-refractivity contribution < 1.29 is 9.59 Å². The monoisotopic (exact) mass is 345 g/mol. The first-order chi connectivity index (χ1) is 10.2. The highest BCUT2D eigenvalue weighted by atomic mass is 79.9. The Morgan fingerprint density at radius 2 is 1.76 bits per heavy atom. The number of benzene rings is 1. The van der Waals surface area contributed by atoms with Gasteiger partial charge in [0.1, 0.15) is 0 Å². The number of amides is 2. The molecule has 0 spiro atoms. The van der Waals surface area contributed by atoms with Crippen molar-refractivity contribution in [2.45, 2.75) is 0 Å². The molecular formula is C15H12BrN3O2. The number of hydrogen-bond donors (Lipinski definition) is 2. The van der Waals surface area contributed by atoms with E-state index in [1.807, 2.05) is 0 Å². The van der Waals surface area contributed by atoms with Crippen LogP contribution in [0.1, 0.15) is 15.9 Å². The SMILES string of the molecule is O=C(/C=C/c1ccncc1)NNC(=O)c1ccccc1Br. The highest BCUT2D eigenvalue weighted by Gasteiger charge is 2.08. The first-order valence-corrected chi connectivity index (χ1v) is 6.89. The molecule has 0 fully saturated rings. The van der Waals surface area contributed by atoms with Crippen LogP contribution >= 0.6 is 15.9 Å². The molecule has 0 atom stereocenters. The van der Waals surface area contributed by atoms with Crippen LogP contribution in [0.2, 0.25) is 0 Å². The number of nitrogens with one attached hydrogen (secondary N) is 2. The van der Waals surface area contributed by atoms with Gasteiger partial charge < -0.3 is 0 Å². The molecule has 2 aromatic rings. The second kappa shape index (κ2) is 7.35. The summed E-state index contributed by atoms with van der Waals surface area (Å²) in [6.07, 6.45) is 6.22. The molecule has 6 heteroatoms. The topological polar surface area (TPSA) is 71.1 Å². The first kappa shape index (κ1) is 14.9. The third-order valence-electron chi connectivity index (χ3n) is 2.55. The van der Waals surface area contributed by atoms with Crippen LogP contribution in [0, 0.1) is 0 Å². The number of halogens is 1. The number of rotatable bonds is 3. The van der Waals surface area contributed by atoms with Crippen LogP contribution < -0.4 is 10.9 Å². The van der Waals surface area contributed by atoms with E-state index in [0.29, 0.717) is 10.0 Å². The fraction of sp³-hybridized carbons (Fsp3) is 0. The minimum atomic E-state index is -0.424. The molecule has 106 valence electrons. The minimum absolute atomic E-state index is 0.395. The van der Waals surface area contributed by atoms with Crippen LogP contribution in [0.15, 0.2) is 59.3 Å². The number of carbonyl (C=O) groups excluding carboxylic acids is 2. The van der Waals surface area contributed by atoms with Gasteiger partial charge in [0.15, 0.2) is 0 Å². The number of nitrogens with zero attached hydrogens (tertiary/aromatic N) is 1. The van der Waals surface area contributed by atoms with Gasteiger partial charge in [-0.05, 0) is 51.8 Å². The lowest BCUT2D eigenvalue weighted by Crippen LogP contribution is -2.40. The van der Waals surface area contributed by atoms with Crippen LogP contribution in [-0.2, 0) is 4.79 Å². The van der Waals surface area contributed by atoms with E-state index in [1.165, 1.54) is 6.08 Å². The average Bonchev–Trinajstić information content (AvgIpc) is 2.52. The second-order valence-electron chi connectivity index (χ2n) is 4.04. The third-order valence-corrected chi connectivity index (χ3v) is 3.24. The molecule has 0 saturated heterocycles. The van der Waals surface area contributed by atoms with Crippen molar-refractivity contribution in [1.29, 1.82) is 0 Å². The molecule has 1 aromatic heterocycles. The number of hydrazine groups is 1. The molecule has 0 aliphatic carbocycles. The molecule has 5 nitrogen and oxygen atoms in total. The third kappa shape index (κ3) is 4.54. The predicted octanol–water partition coefficient (Wildman–Crippen LogP) is 2.32. The largest absolute Gasteiger partial charge is 0.270 e. The molecule has 2 amide bonds. The molecule has 0 unspecified atom stereocenters. The van der Waals surface area contributed by atoms with Crippen molar-refractivity contribution in [2.75, 3.05) is 0 Å². The van der Waals surface area contributed by atoms with Gasteiger partial charge in [0.05, 0.1) is 5.56 Å². The molecular weight excluding hydrogens is 334 g/mol. The van der Waals surface area contributed by atoms with Gasteiger partial charge in [-0.15, -0.1) is 0 Å². The summed E-state index contributed by atoms with van der Waals surface area (Å²) in [5.74, 6) is -0.819. The summed E-state index contributed by atoms with van der Waals surface area (Å²) in [7, 11) is 0. The zero-order chi connectivity index (χ0) is 15.1. The maximum atomic E-state index is 11.9. The zero-order valence-corrected chi connectivity index (χ0v) is 12.5. The van der Waals surface area contributed by atoms with Gasteiger partial charge in [-0.25, -0.2) is 0 Å². The molecule has 21 heavy (non-hydrogen) atoms. The molecule has 0 aliphatic rings. The van der Waals surface area contributed by atoms with Crippen molar-refractivity contribution in [3.05, 3.63) is 70.5 Å². The van der Waals surface area contributed by atoms with Crippen LogP contribution in [0.3, 0.4) is 0 Å². The van der Waals surface area contributed by atoms with Gasteiger partial charge in [-0.2, -0.15) is 0 Å². The number of hydrogen-bond acceptors (Lipinski definition) is 3. The summed E-state index contributed by atoms with van der Waals surface area (Å²) in [6, 6.07) is 10.5. The lowest BCUT2D eigenvalue weighted by Gasteiger charge is -2.06. The highest BCUT2D eigenvalue weighted by Crippen LogP contribution is 2.15. The van der Waals surface area contributed by atoms with E-state index in [9.17, 15) is 9.59 Å².